The number of rotatable bonds is 3. The molecule has 14 heavy (non-hydrogen) atoms. The molecule has 0 saturated carbocycles. The number of aliphatic carboxylic acids is 1. The van der Waals surface area contributed by atoms with E-state index in [1.54, 1.807) is 13.0 Å². The normalized spacial score (nSPS) is 12.5. The third kappa shape index (κ3) is 2.10. The van der Waals surface area contributed by atoms with Crippen molar-refractivity contribution in [2.45, 2.75) is 26.2 Å². The zero-order valence-electron chi connectivity index (χ0n) is 8.25. The monoisotopic (exact) mass is 196 g/mol. The van der Waals surface area contributed by atoms with Crippen LogP contribution < -0.4 is 0 Å². The van der Waals surface area contributed by atoms with Crippen LogP contribution in [0.25, 0.3) is 0 Å². The van der Waals surface area contributed by atoms with E-state index in [9.17, 15) is 9.18 Å². The van der Waals surface area contributed by atoms with Crippen LogP contribution >= 0.6 is 0 Å². The van der Waals surface area contributed by atoms with Crippen LogP contribution in [-0.2, 0) is 11.2 Å². The summed E-state index contributed by atoms with van der Waals surface area (Å²) < 4.78 is 13.1. The molecule has 2 nitrogen and oxygen atoms in total. The summed E-state index contributed by atoms with van der Waals surface area (Å²) in [5.74, 6) is -1.74. The Morgan fingerprint density at radius 1 is 1.57 bits per heavy atom. The van der Waals surface area contributed by atoms with Gasteiger partial charge in [-0.25, -0.2) is 4.39 Å². The molecule has 0 radical (unpaired) electrons. The minimum Gasteiger partial charge on any atom is -0.481 e. The first-order valence-electron chi connectivity index (χ1n) is 4.57. The highest BCUT2D eigenvalue weighted by Crippen LogP contribution is 2.19. The Hall–Kier alpha value is -1.38. The first-order valence-corrected chi connectivity index (χ1v) is 4.57. The minimum absolute atomic E-state index is 0.270. The van der Waals surface area contributed by atoms with Gasteiger partial charge in [0.25, 0.3) is 0 Å². The maximum absolute atomic E-state index is 13.1. The van der Waals surface area contributed by atoms with Gasteiger partial charge in [-0.15, -0.1) is 0 Å². The summed E-state index contributed by atoms with van der Waals surface area (Å²) in [6, 6.07) is 4.47. The van der Waals surface area contributed by atoms with E-state index in [0.29, 0.717) is 17.5 Å². The van der Waals surface area contributed by atoms with Crippen molar-refractivity contribution >= 4 is 5.97 Å². The fourth-order valence-electron chi connectivity index (χ4n) is 1.28. The van der Waals surface area contributed by atoms with Gasteiger partial charge >= 0.3 is 5.97 Å². The predicted octanol–water partition coefficient (Wildman–Crippen LogP) is 2.58. The van der Waals surface area contributed by atoms with E-state index in [0.717, 1.165) is 0 Å². The first kappa shape index (κ1) is 10.7. The lowest BCUT2D eigenvalue weighted by atomic mass is 9.98. The second kappa shape index (κ2) is 4.22. The third-order valence-corrected chi connectivity index (χ3v) is 2.32. The van der Waals surface area contributed by atoms with E-state index in [4.69, 9.17) is 5.11 Å². The molecule has 76 valence electrons. The van der Waals surface area contributed by atoms with E-state index >= 15 is 0 Å². The minimum atomic E-state index is -0.890. The van der Waals surface area contributed by atoms with E-state index in [-0.39, 0.29) is 5.82 Å². The molecule has 0 fully saturated rings. The number of hydrogen-bond acceptors (Lipinski definition) is 1. The Kier molecular flexibility index (Phi) is 3.23. The molecule has 3 heteroatoms. The highest BCUT2D eigenvalue weighted by molar-refractivity contribution is 5.75. The van der Waals surface area contributed by atoms with Gasteiger partial charge < -0.3 is 5.11 Å². The molecule has 0 aliphatic heterocycles. The predicted molar refractivity (Wildman–Crippen MR) is 51.8 cm³/mol. The Bertz CT molecular complexity index is 347. The second-order valence-corrected chi connectivity index (χ2v) is 3.26. The van der Waals surface area contributed by atoms with Gasteiger partial charge in [-0.1, -0.05) is 19.1 Å². The molecule has 1 aromatic rings. The van der Waals surface area contributed by atoms with Gasteiger partial charge in [0.15, 0.2) is 0 Å². The first-order chi connectivity index (χ1) is 6.56. The molecule has 1 unspecified atom stereocenters. The van der Waals surface area contributed by atoms with E-state index in [1.807, 2.05) is 6.92 Å². The lowest BCUT2D eigenvalue weighted by Gasteiger charge is -2.08. The fourth-order valence-corrected chi connectivity index (χ4v) is 1.28. The standard InChI is InChI=1S/C11H13FO2/c1-3-8-6-9(4-5-10(8)12)7(2)11(13)14/h4-7H,3H2,1-2H3,(H,13,14). The molecule has 0 heterocycles. The third-order valence-electron chi connectivity index (χ3n) is 2.32. The smallest absolute Gasteiger partial charge is 0.310 e. The molecule has 0 bridgehead atoms. The van der Waals surface area contributed by atoms with Crippen molar-refractivity contribution in [3.8, 4) is 0 Å². The van der Waals surface area contributed by atoms with Gasteiger partial charge in [-0.05, 0) is 30.5 Å². The second-order valence-electron chi connectivity index (χ2n) is 3.26. The van der Waals surface area contributed by atoms with Crippen LogP contribution in [0.15, 0.2) is 18.2 Å². The summed E-state index contributed by atoms with van der Waals surface area (Å²) in [7, 11) is 0. The molecule has 1 rings (SSSR count). The van der Waals surface area contributed by atoms with Crippen molar-refractivity contribution < 1.29 is 14.3 Å². The van der Waals surface area contributed by atoms with Crippen LogP contribution in [0.4, 0.5) is 4.39 Å². The number of hydrogen-bond donors (Lipinski definition) is 1. The molecule has 0 spiro atoms. The highest BCUT2D eigenvalue weighted by Gasteiger charge is 2.14. The largest absolute Gasteiger partial charge is 0.481 e. The molecule has 0 aliphatic rings. The Morgan fingerprint density at radius 3 is 2.71 bits per heavy atom. The van der Waals surface area contributed by atoms with Crippen LogP contribution in [0.3, 0.4) is 0 Å². The summed E-state index contributed by atoms with van der Waals surface area (Å²) in [6.07, 6.45) is 0.575. The molecule has 0 amide bonds. The maximum atomic E-state index is 13.1. The van der Waals surface area contributed by atoms with E-state index in [2.05, 4.69) is 0 Å². The van der Waals surface area contributed by atoms with Gasteiger partial charge in [0.1, 0.15) is 5.82 Å². The Labute approximate surface area is 82.4 Å². The molecule has 1 aromatic carbocycles. The van der Waals surface area contributed by atoms with Crippen molar-refractivity contribution in [1.29, 1.82) is 0 Å². The van der Waals surface area contributed by atoms with Crippen LogP contribution in [0, 0.1) is 5.82 Å². The molecule has 1 N–H and O–H groups in total. The molecular weight excluding hydrogens is 183 g/mol. The number of aryl methyl sites for hydroxylation is 1. The SMILES string of the molecule is CCc1cc(C(C)C(=O)O)ccc1F. The lowest BCUT2D eigenvalue weighted by molar-refractivity contribution is -0.138. The van der Waals surface area contributed by atoms with Gasteiger partial charge in [0.2, 0.25) is 0 Å². The summed E-state index contributed by atoms with van der Waals surface area (Å²) in [4.78, 5) is 10.7. The lowest BCUT2D eigenvalue weighted by Crippen LogP contribution is -2.08. The van der Waals surface area contributed by atoms with Crippen molar-refractivity contribution in [2.75, 3.05) is 0 Å². The fraction of sp³-hybridized carbons (Fsp3) is 0.364. The molecule has 0 aromatic heterocycles. The average molecular weight is 196 g/mol. The number of halogens is 1. The van der Waals surface area contributed by atoms with E-state index < -0.39 is 11.9 Å². The van der Waals surface area contributed by atoms with Crippen molar-refractivity contribution in [1.82, 2.24) is 0 Å². The van der Waals surface area contributed by atoms with Gasteiger partial charge in [0, 0.05) is 0 Å². The zero-order chi connectivity index (χ0) is 10.7. The van der Waals surface area contributed by atoms with Crippen LogP contribution in [0.5, 0.6) is 0 Å². The van der Waals surface area contributed by atoms with Gasteiger partial charge in [0.05, 0.1) is 5.92 Å². The highest BCUT2D eigenvalue weighted by atomic mass is 19.1. The van der Waals surface area contributed by atoms with E-state index in [1.165, 1.54) is 12.1 Å². The number of carboxylic acid groups (broad SMARTS) is 1. The molecule has 1 atom stereocenters. The van der Waals surface area contributed by atoms with Gasteiger partial charge in [-0.3, -0.25) is 4.79 Å². The summed E-state index contributed by atoms with van der Waals surface area (Å²) >= 11 is 0. The van der Waals surface area contributed by atoms with Crippen LogP contribution in [0.2, 0.25) is 0 Å². The van der Waals surface area contributed by atoms with Gasteiger partial charge in [-0.2, -0.15) is 0 Å². The number of carbonyl (C=O) groups is 1. The quantitative estimate of drug-likeness (QED) is 0.806. The van der Waals surface area contributed by atoms with Crippen molar-refractivity contribution in [3.63, 3.8) is 0 Å². The van der Waals surface area contributed by atoms with Crippen LogP contribution in [0.1, 0.15) is 30.9 Å². The van der Waals surface area contributed by atoms with Crippen molar-refractivity contribution in [2.24, 2.45) is 0 Å². The maximum Gasteiger partial charge on any atom is 0.310 e. The zero-order valence-corrected chi connectivity index (χ0v) is 8.25. The molecular formula is C11H13FO2. The summed E-state index contributed by atoms with van der Waals surface area (Å²) in [5.41, 5.74) is 1.21. The number of carboxylic acids is 1. The van der Waals surface area contributed by atoms with Crippen molar-refractivity contribution in [3.05, 3.63) is 35.1 Å². The Balaban J connectivity index is 3.06. The Morgan fingerprint density at radius 2 is 2.21 bits per heavy atom. The molecule has 0 saturated heterocycles. The molecule has 0 aliphatic carbocycles. The number of benzene rings is 1. The topological polar surface area (TPSA) is 37.3 Å². The summed E-state index contributed by atoms with van der Waals surface area (Å²) in [5, 5.41) is 8.77. The summed E-state index contributed by atoms with van der Waals surface area (Å²) in [6.45, 7) is 3.43. The average Bonchev–Trinajstić information content (AvgIpc) is 2.17. The van der Waals surface area contributed by atoms with Crippen LogP contribution in [-0.4, -0.2) is 11.1 Å².